The number of hydrogen-bond acceptors (Lipinski definition) is 7. The summed E-state index contributed by atoms with van der Waals surface area (Å²) in [4.78, 5) is 70.8. The molecule has 6 rings (SSSR count). The van der Waals surface area contributed by atoms with E-state index < -0.39 is 44.2 Å². The van der Waals surface area contributed by atoms with E-state index in [1.165, 1.54) is 0 Å². The minimum absolute atomic E-state index is 0.00493. The Balaban J connectivity index is 1.21. The van der Waals surface area contributed by atoms with Crippen LogP contribution in [0, 0.1) is 40.4 Å². The molecule has 3 heterocycles. The first kappa shape index (κ1) is 35.9. The Labute approximate surface area is 288 Å². The highest BCUT2D eigenvalue weighted by Crippen LogP contribution is 2.65. The van der Waals surface area contributed by atoms with Crippen molar-refractivity contribution in [3.05, 3.63) is 0 Å². The Bertz CT molecular complexity index is 1370. The molecule has 268 valence electrons. The van der Waals surface area contributed by atoms with Crippen molar-refractivity contribution in [1.29, 1.82) is 0 Å². The van der Waals surface area contributed by atoms with Crippen LogP contribution in [0.5, 0.6) is 0 Å². The van der Waals surface area contributed by atoms with E-state index in [1.807, 2.05) is 0 Å². The number of carbonyl (C=O) groups excluding carboxylic acids is 5. The molecule has 3 aliphatic heterocycles. The van der Waals surface area contributed by atoms with Crippen molar-refractivity contribution >= 4 is 38.9 Å². The van der Waals surface area contributed by atoms with E-state index in [1.54, 1.807) is 4.90 Å². The first-order valence-electron chi connectivity index (χ1n) is 19.5. The third kappa shape index (κ3) is 7.56. The van der Waals surface area contributed by atoms with Gasteiger partial charge in [0.2, 0.25) is 11.7 Å². The molecule has 0 N–H and O–H groups in total. The molecule has 0 aromatic rings. The lowest BCUT2D eigenvalue weighted by atomic mass is 9.67. The van der Waals surface area contributed by atoms with Gasteiger partial charge in [-0.3, -0.25) is 24.0 Å². The lowest BCUT2D eigenvalue weighted by Gasteiger charge is -2.47. The average molecular weight is 686 g/mol. The smallest absolute Gasteiger partial charge is 0.226 e. The molecule has 0 aromatic carbocycles. The number of rotatable bonds is 9. The van der Waals surface area contributed by atoms with Crippen molar-refractivity contribution < 1.29 is 32.4 Å². The summed E-state index contributed by atoms with van der Waals surface area (Å²) < 4.78 is 25.6. The lowest BCUT2D eigenvalue weighted by Crippen LogP contribution is -2.52. The van der Waals surface area contributed by atoms with Crippen LogP contribution in [-0.2, 0) is 33.8 Å². The lowest BCUT2D eigenvalue weighted by molar-refractivity contribution is -0.146. The molecule has 6 aliphatic rings. The summed E-state index contributed by atoms with van der Waals surface area (Å²) in [5.41, 5.74) is -0.587. The number of amides is 1. The maximum Gasteiger partial charge on any atom is 0.226 e. The number of hydrogen-bond donors (Lipinski definition) is 0. The summed E-state index contributed by atoms with van der Waals surface area (Å²) in [6, 6.07) is -0.623. The minimum atomic E-state index is -3.17. The molecule has 8 nitrogen and oxygen atoms in total. The van der Waals surface area contributed by atoms with Crippen molar-refractivity contribution in [1.82, 2.24) is 4.90 Å². The van der Waals surface area contributed by atoms with Crippen molar-refractivity contribution in [3.63, 3.8) is 0 Å². The van der Waals surface area contributed by atoms with E-state index in [0.29, 0.717) is 38.1 Å². The van der Waals surface area contributed by atoms with Crippen LogP contribution in [0.3, 0.4) is 0 Å². The molecule has 9 heteroatoms. The van der Waals surface area contributed by atoms with E-state index in [0.717, 1.165) is 89.9 Å². The van der Waals surface area contributed by atoms with Gasteiger partial charge in [-0.05, 0) is 73.5 Å². The maximum atomic E-state index is 14.5. The highest BCUT2D eigenvalue weighted by atomic mass is 32.2. The second-order valence-electron chi connectivity index (χ2n) is 17.4. The fraction of sp³-hybridized carbons (Fsp3) is 0.872. The molecular weight excluding hydrogens is 626 g/mol. The molecule has 0 bridgehead atoms. The predicted molar refractivity (Wildman–Crippen MR) is 184 cm³/mol. The fourth-order valence-corrected chi connectivity index (χ4v) is 12.4. The monoisotopic (exact) mass is 685 g/mol. The van der Waals surface area contributed by atoms with Crippen LogP contribution in [-0.4, -0.2) is 65.9 Å². The van der Waals surface area contributed by atoms with Crippen LogP contribution in [0.4, 0.5) is 0 Å². The van der Waals surface area contributed by atoms with Crippen LogP contribution >= 0.6 is 0 Å². The fourth-order valence-electron chi connectivity index (χ4n) is 10.4. The van der Waals surface area contributed by atoms with E-state index in [-0.39, 0.29) is 65.5 Å². The number of Topliss-reactive ketones (excluding diaryl/α,β-unsaturated/α-hetero) is 4. The predicted octanol–water partition coefficient (Wildman–Crippen LogP) is 6.61. The molecule has 6 fully saturated rings. The van der Waals surface area contributed by atoms with Crippen LogP contribution in [0.25, 0.3) is 0 Å². The molecule has 3 aliphatic carbocycles. The number of carbonyl (C=O) groups is 5. The van der Waals surface area contributed by atoms with Crippen LogP contribution < -0.4 is 0 Å². The quantitative estimate of drug-likeness (QED) is 0.250. The summed E-state index contributed by atoms with van der Waals surface area (Å²) in [6.07, 6.45) is 15.5. The van der Waals surface area contributed by atoms with Crippen molar-refractivity contribution in [2.75, 3.05) is 12.3 Å². The van der Waals surface area contributed by atoms with Crippen LogP contribution in [0.1, 0.15) is 149 Å². The Kier molecular flexibility index (Phi) is 10.8. The number of sulfone groups is 1. The molecule has 3 saturated heterocycles. The molecule has 0 aromatic heterocycles. The van der Waals surface area contributed by atoms with Gasteiger partial charge in [-0.1, -0.05) is 78.1 Å². The Morgan fingerprint density at radius 3 is 2.02 bits per heavy atom. The summed E-state index contributed by atoms with van der Waals surface area (Å²) in [5, 5.41) is -0.441. The SMILES string of the molecule is CC1(C)[C@@H]2[C@H]3C(=O)C[C@H](C(=O)C(=O)CC4CC4)CCCCCCCCC[C@H](CC(=O)CC4([C@@H]5CCS5(=O)=O)CCCCC4)C(=O)N3C[C@@H]21. The van der Waals surface area contributed by atoms with Gasteiger partial charge in [0.05, 0.1) is 17.0 Å². The van der Waals surface area contributed by atoms with Gasteiger partial charge < -0.3 is 4.90 Å². The first-order valence-corrected chi connectivity index (χ1v) is 21.2. The minimum Gasteiger partial charge on any atom is -0.332 e. The molecule has 3 saturated carbocycles. The number of piperidine rings is 1. The summed E-state index contributed by atoms with van der Waals surface area (Å²) in [7, 11) is -3.17. The molecular formula is C39H59NO7S. The second-order valence-corrected chi connectivity index (χ2v) is 19.7. The Hall–Kier alpha value is -1.90. The third-order valence-electron chi connectivity index (χ3n) is 13.7. The van der Waals surface area contributed by atoms with Crippen LogP contribution in [0.15, 0.2) is 0 Å². The van der Waals surface area contributed by atoms with Gasteiger partial charge in [0.25, 0.3) is 0 Å². The normalized spacial score (nSPS) is 35.2. The highest BCUT2D eigenvalue weighted by Gasteiger charge is 2.69. The highest BCUT2D eigenvalue weighted by molar-refractivity contribution is 7.93. The summed E-state index contributed by atoms with van der Waals surface area (Å²) in [5.74, 6) is -1.39. The van der Waals surface area contributed by atoms with Crippen molar-refractivity contribution in [2.24, 2.45) is 40.4 Å². The molecule has 0 spiro atoms. The molecule has 48 heavy (non-hydrogen) atoms. The van der Waals surface area contributed by atoms with E-state index >= 15 is 0 Å². The number of ketones is 4. The first-order chi connectivity index (χ1) is 22.8. The summed E-state index contributed by atoms with van der Waals surface area (Å²) in [6.45, 7) is 4.79. The Morgan fingerprint density at radius 2 is 1.42 bits per heavy atom. The van der Waals surface area contributed by atoms with Crippen LogP contribution in [0.2, 0.25) is 0 Å². The zero-order chi connectivity index (χ0) is 34.3. The number of nitrogens with zero attached hydrogens (tertiary/aromatic N) is 1. The Morgan fingerprint density at radius 1 is 0.792 bits per heavy atom. The van der Waals surface area contributed by atoms with Crippen molar-refractivity contribution in [3.8, 4) is 0 Å². The second kappa shape index (κ2) is 14.4. The van der Waals surface area contributed by atoms with Gasteiger partial charge in [0.15, 0.2) is 21.4 Å². The average Bonchev–Trinajstić information content (AvgIpc) is 3.88. The van der Waals surface area contributed by atoms with Crippen molar-refractivity contribution in [2.45, 2.75) is 160 Å². The number of fused-ring (bicyclic) bond motifs is 3. The van der Waals surface area contributed by atoms with E-state index in [4.69, 9.17) is 0 Å². The molecule has 0 unspecified atom stereocenters. The summed E-state index contributed by atoms with van der Waals surface area (Å²) >= 11 is 0. The largest absolute Gasteiger partial charge is 0.332 e. The zero-order valence-corrected chi connectivity index (χ0v) is 30.3. The van der Waals surface area contributed by atoms with Gasteiger partial charge in [-0.15, -0.1) is 0 Å². The van der Waals surface area contributed by atoms with E-state index in [2.05, 4.69) is 13.8 Å². The zero-order valence-electron chi connectivity index (χ0n) is 29.5. The van der Waals surface area contributed by atoms with Gasteiger partial charge >= 0.3 is 0 Å². The standard InChI is InChI=1S/C39H59NO7S/c1-38(2)30-25-40-35(34(30)38)31(42)23-27(36(44)32(43)21-26-15-16-26)13-9-6-4-3-5-7-10-14-28(37(40)45)22-29(41)24-39(18-11-8-12-19-39)33-17-20-48(33,46)47/h26-28,30,33-35H,3-25H2,1-2H3/t27-,28-,30+,33+,34+,35-/m1/s1. The maximum absolute atomic E-state index is 14.5. The van der Waals surface area contributed by atoms with E-state index in [9.17, 15) is 32.4 Å². The third-order valence-corrected chi connectivity index (χ3v) is 16.1. The molecule has 0 radical (unpaired) electrons. The molecule has 6 atom stereocenters. The van der Waals surface area contributed by atoms with Gasteiger partial charge in [-0.25, -0.2) is 8.42 Å². The molecule has 1 amide bonds. The van der Waals surface area contributed by atoms with Gasteiger partial charge in [-0.2, -0.15) is 0 Å². The topological polar surface area (TPSA) is 123 Å². The van der Waals surface area contributed by atoms with Gasteiger partial charge in [0.1, 0.15) is 5.78 Å². The van der Waals surface area contributed by atoms with Gasteiger partial charge in [0, 0.05) is 44.1 Å².